The first-order valence-corrected chi connectivity index (χ1v) is 8.34. The number of hydrogen-bond donors (Lipinski definition) is 1. The van der Waals surface area contributed by atoms with Crippen LogP contribution in [0.4, 0.5) is 0 Å². The number of benzene rings is 1. The first kappa shape index (κ1) is 18.2. The molecule has 1 aromatic rings. The van der Waals surface area contributed by atoms with Gasteiger partial charge in [0.15, 0.2) is 11.5 Å². The number of hydrogen-bond acceptors (Lipinski definition) is 4. The molecule has 1 aromatic carbocycles. The third-order valence-corrected chi connectivity index (χ3v) is 3.97. The first-order valence-electron chi connectivity index (χ1n) is 7.14. The number of nitrogens with two attached hydrogens (primary N) is 1. The van der Waals surface area contributed by atoms with Crippen molar-refractivity contribution in [1.29, 1.82) is 0 Å². The summed E-state index contributed by atoms with van der Waals surface area (Å²) in [5.74, 6) is 1.36. The first-order chi connectivity index (χ1) is 10.0. The molecule has 0 unspecified atom stereocenters. The van der Waals surface area contributed by atoms with E-state index >= 15 is 0 Å². The van der Waals surface area contributed by atoms with Gasteiger partial charge in [0.05, 0.1) is 11.1 Å². The number of likely N-dealkylation sites (N-methyl/N-ethyl adjacent to an activating group) is 1. The van der Waals surface area contributed by atoms with Gasteiger partial charge in [-0.05, 0) is 48.1 Å². The minimum atomic E-state index is 0.339. The molecule has 0 spiro atoms. The summed E-state index contributed by atoms with van der Waals surface area (Å²) in [6.45, 7) is 10.3. The molecule has 0 bridgehead atoms. The second kappa shape index (κ2) is 9.23. The van der Waals surface area contributed by atoms with Crippen LogP contribution in [0.3, 0.4) is 0 Å². The average molecular weight is 375 g/mol. The number of thiocarbonyl (C=S) groups is 1. The van der Waals surface area contributed by atoms with E-state index in [2.05, 4.69) is 34.7 Å². The van der Waals surface area contributed by atoms with Crippen LogP contribution in [0.1, 0.15) is 26.3 Å². The number of rotatable bonds is 9. The Morgan fingerprint density at radius 2 is 1.90 bits per heavy atom. The zero-order chi connectivity index (χ0) is 15.8. The van der Waals surface area contributed by atoms with Crippen molar-refractivity contribution in [3.05, 3.63) is 22.2 Å². The van der Waals surface area contributed by atoms with Gasteiger partial charge in [0.25, 0.3) is 0 Å². The monoisotopic (exact) mass is 374 g/mol. The molecular formula is C15H23BrN2O2S. The molecule has 0 fully saturated rings. The summed E-state index contributed by atoms with van der Waals surface area (Å²) in [6, 6.07) is 3.68. The molecular weight excluding hydrogens is 352 g/mol. The molecule has 0 aliphatic heterocycles. The fourth-order valence-corrected chi connectivity index (χ4v) is 2.60. The van der Waals surface area contributed by atoms with Crippen LogP contribution < -0.4 is 15.2 Å². The van der Waals surface area contributed by atoms with Gasteiger partial charge in [-0.2, -0.15) is 0 Å². The third-order valence-electron chi connectivity index (χ3n) is 3.14. The van der Waals surface area contributed by atoms with Crippen LogP contribution in [0.15, 0.2) is 16.6 Å². The Balaban J connectivity index is 2.87. The van der Waals surface area contributed by atoms with Crippen LogP contribution in [0.5, 0.6) is 11.5 Å². The van der Waals surface area contributed by atoms with E-state index in [1.807, 2.05) is 19.1 Å². The van der Waals surface area contributed by atoms with Gasteiger partial charge in [0, 0.05) is 12.1 Å². The van der Waals surface area contributed by atoms with Crippen LogP contribution in [0.2, 0.25) is 0 Å². The summed E-state index contributed by atoms with van der Waals surface area (Å²) in [5, 5.41) is 0. The van der Waals surface area contributed by atoms with Gasteiger partial charge < -0.3 is 20.1 Å². The zero-order valence-corrected chi connectivity index (χ0v) is 15.2. The lowest BCUT2D eigenvalue weighted by Gasteiger charge is -2.20. The fourth-order valence-electron chi connectivity index (χ4n) is 1.93. The maximum Gasteiger partial charge on any atom is 0.175 e. The van der Waals surface area contributed by atoms with Crippen LogP contribution in [0, 0.1) is 0 Å². The van der Waals surface area contributed by atoms with Crippen molar-refractivity contribution in [2.24, 2.45) is 5.73 Å². The molecule has 0 aromatic heterocycles. The van der Waals surface area contributed by atoms with Gasteiger partial charge in [0.1, 0.15) is 11.6 Å². The van der Waals surface area contributed by atoms with Crippen LogP contribution in [-0.2, 0) is 0 Å². The summed E-state index contributed by atoms with van der Waals surface area (Å²) in [7, 11) is 0. The Kier molecular flexibility index (Phi) is 8.00. The van der Waals surface area contributed by atoms with Crippen molar-refractivity contribution in [3.8, 4) is 11.5 Å². The molecule has 6 heteroatoms. The van der Waals surface area contributed by atoms with E-state index in [9.17, 15) is 0 Å². The molecule has 0 amide bonds. The highest BCUT2D eigenvalue weighted by atomic mass is 79.9. The van der Waals surface area contributed by atoms with Gasteiger partial charge in [-0.25, -0.2) is 0 Å². The van der Waals surface area contributed by atoms with E-state index in [1.165, 1.54) is 0 Å². The quantitative estimate of drug-likeness (QED) is 0.672. The molecule has 21 heavy (non-hydrogen) atoms. The van der Waals surface area contributed by atoms with Crippen molar-refractivity contribution in [3.63, 3.8) is 0 Å². The third kappa shape index (κ3) is 5.45. The average Bonchev–Trinajstić information content (AvgIpc) is 2.45. The standard InChI is InChI=1S/C15H23BrN2O2S/c1-4-18(5-2)7-8-20-14-12(16)9-11(15(17)21)10-13(14)19-6-3/h9-10H,4-8H2,1-3H3,(H2,17,21). The Bertz CT molecular complexity index is 479. The number of nitrogens with zero attached hydrogens (tertiary/aromatic N) is 1. The Morgan fingerprint density at radius 1 is 1.24 bits per heavy atom. The second-order valence-corrected chi connectivity index (χ2v) is 5.75. The Morgan fingerprint density at radius 3 is 2.43 bits per heavy atom. The van der Waals surface area contributed by atoms with Gasteiger partial charge >= 0.3 is 0 Å². The Labute approximate surface area is 140 Å². The lowest BCUT2D eigenvalue weighted by Crippen LogP contribution is -2.28. The normalized spacial score (nSPS) is 10.7. The van der Waals surface area contributed by atoms with Crippen LogP contribution in [-0.4, -0.2) is 42.7 Å². The SMILES string of the molecule is CCOc1cc(C(N)=S)cc(Br)c1OCCN(CC)CC. The van der Waals surface area contributed by atoms with E-state index < -0.39 is 0 Å². The smallest absolute Gasteiger partial charge is 0.175 e. The largest absolute Gasteiger partial charge is 0.490 e. The fraction of sp³-hybridized carbons (Fsp3) is 0.533. The topological polar surface area (TPSA) is 47.7 Å². The van der Waals surface area contributed by atoms with Gasteiger partial charge in [-0.1, -0.05) is 26.1 Å². The van der Waals surface area contributed by atoms with Crippen molar-refractivity contribution in [2.45, 2.75) is 20.8 Å². The van der Waals surface area contributed by atoms with Crippen LogP contribution in [0.25, 0.3) is 0 Å². The van der Waals surface area contributed by atoms with E-state index in [0.717, 1.165) is 29.7 Å². The van der Waals surface area contributed by atoms with Crippen molar-refractivity contribution >= 4 is 33.1 Å². The second-order valence-electron chi connectivity index (χ2n) is 4.46. The molecule has 4 nitrogen and oxygen atoms in total. The molecule has 118 valence electrons. The highest BCUT2D eigenvalue weighted by molar-refractivity contribution is 9.10. The molecule has 0 heterocycles. The summed E-state index contributed by atoms with van der Waals surface area (Å²) in [5.41, 5.74) is 6.44. The maximum atomic E-state index is 5.89. The van der Waals surface area contributed by atoms with Crippen molar-refractivity contribution < 1.29 is 9.47 Å². The van der Waals surface area contributed by atoms with Gasteiger partial charge in [-0.3, -0.25) is 0 Å². The summed E-state index contributed by atoms with van der Waals surface area (Å²) < 4.78 is 12.3. The number of ether oxygens (including phenoxy) is 2. The summed E-state index contributed by atoms with van der Waals surface area (Å²) in [6.07, 6.45) is 0. The van der Waals surface area contributed by atoms with E-state index in [0.29, 0.717) is 29.7 Å². The molecule has 0 radical (unpaired) electrons. The maximum absolute atomic E-state index is 5.89. The molecule has 0 saturated carbocycles. The van der Waals surface area contributed by atoms with Gasteiger partial charge in [-0.15, -0.1) is 0 Å². The molecule has 1 rings (SSSR count). The van der Waals surface area contributed by atoms with E-state index in [1.54, 1.807) is 0 Å². The molecule has 0 aliphatic carbocycles. The van der Waals surface area contributed by atoms with Crippen molar-refractivity contribution in [2.75, 3.05) is 32.8 Å². The molecule has 0 saturated heterocycles. The predicted molar refractivity (Wildman–Crippen MR) is 94.5 cm³/mol. The zero-order valence-electron chi connectivity index (χ0n) is 12.8. The van der Waals surface area contributed by atoms with Crippen molar-refractivity contribution in [1.82, 2.24) is 4.90 Å². The van der Waals surface area contributed by atoms with E-state index in [4.69, 9.17) is 27.4 Å². The highest BCUT2D eigenvalue weighted by Crippen LogP contribution is 2.36. The minimum absolute atomic E-state index is 0.339. The lowest BCUT2D eigenvalue weighted by atomic mass is 10.2. The van der Waals surface area contributed by atoms with Crippen LogP contribution >= 0.6 is 28.1 Å². The number of halogens is 1. The summed E-state index contributed by atoms with van der Waals surface area (Å²) >= 11 is 8.52. The van der Waals surface area contributed by atoms with E-state index in [-0.39, 0.29) is 0 Å². The van der Waals surface area contributed by atoms with Gasteiger partial charge in [0.2, 0.25) is 0 Å². The lowest BCUT2D eigenvalue weighted by molar-refractivity contribution is 0.213. The highest BCUT2D eigenvalue weighted by Gasteiger charge is 2.13. The molecule has 2 N–H and O–H groups in total. The predicted octanol–water partition coefficient (Wildman–Crippen LogP) is 3.20. The minimum Gasteiger partial charge on any atom is -0.490 e. The molecule has 0 aliphatic rings. The summed E-state index contributed by atoms with van der Waals surface area (Å²) in [4.78, 5) is 2.64. The molecule has 0 atom stereocenters. The Hall–Kier alpha value is -0.850.